The van der Waals surface area contributed by atoms with E-state index in [4.69, 9.17) is 18.9 Å². The molecule has 4 aromatic carbocycles. The molecule has 0 N–H and O–H groups in total. The number of hydrogen-bond acceptors (Lipinski definition) is 8. The van der Waals surface area contributed by atoms with Crippen molar-refractivity contribution in [1.82, 2.24) is 0 Å². The van der Waals surface area contributed by atoms with Gasteiger partial charge in [0.2, 0.25) is 0 Å². The Balaban J connectivity index is 0.000000361. The van der Waals surface area contributed by atoms with Gasteiger partial charge in [0.25, 0.3) is 0 Å². The number of hydrogen-bond donors (Lipinski definition) is 0. The van der Waals surface area contributed by atoms with Gasteiger partial charge in [0, 0.05) is 8.95 Å². The van der Waals surface area contributed by atoms with E-state index in [0.29, 0.717) is 32.3 Å². The zero-order chi connectivity index (χ0) is 52.4. The van der Waals surface area contributed by atoms with Gasteiger partial charge < -0.3 is 18.9 Å². The van der Waals surface area contributed by atoms with Gasteiger partial charge in [-0.3, -0.25) is 0 Å². The van der Waals surface area contributed by atoms with Crippen LogP contribution in [0.1, 0.15) is 116 Å². The molecule has 4 rings (SSSR count). The van der Waals surface area contributed by atoms with E-state index in [-0.39, 0.29) is 32.5 Å². The van der Waals surface area contributed by atoms with Gasteiger partial charge in [-0.2, -0.15) is 36.1 Å². The van der Waals surface area contributed by atoms with E-state index in [1.165, 1.54) is 42.5 Å². The van der Waals surface area contributed by atoms with E-state index in [2.05, 4.69) is 31.9 Å². The number of halogens is 8. The Labute approximate surface area is 410 Å². The van der Waals surface area contributed by atoms with Crippen molar-refractivity contribution in [1.29, 1.82) is 0 Å². The molecule has 0 bridgehead atoms. The Morgan fingerprint density at radius 2 is 0.809 bits per heavy atom. The predicted molar refractivity (Wildman–Crippen MR) is 258 cm³/mol. The lowest BCUT2D eigenvalue weighted by atomic mass is 9.94. The van der Waals surface area contributed by atoms with E-state index in [1.54, 1.807) is 117 Å². The topological polar surface area (TPSA) is 112 Å². The summed E-state index contributed by atoms with van der Waals surface area (Å²) in [4.78, 5) is 53.1. The second kappa shape index (κ2) is 20.9. The van der Waals surface area contributed by atoms with Gasteiger partial charge in [-0.1, -0.05) is 39.7 Å². The Morgan fingerprint density at radius 1 is 0.426 bits per heavy atom. The lowest BCUT2D eigenvalue weighted by Gasteiger charge is -2.29. The predicted octanol–water partition coefficient (Wildman–Crippen LogP) is 16.9. The monoisotopic (exact) mass is 1090 g/mol. The summed E-state index contributed by atoms with van der Waals surface area (Å²) in [6.45, 7) is 26.2. The van der Waals surface area contributed by atoms with Crippen LogP contribution in [0.15, 0.2) is 69.6 Å². The molecule has 0 fully saturated rings. The summed E-state index contributed by atoms with van der Waals surface area (Å²) < 4.78 is 105. The molecular formula is C50H58Br2F6N2O8. The Kier molecular flexibility index (Phi) is 17.6. The first-order valence-electron chi connectivity index (χ1n) is 21.1. The van der Waals surface area contributed by atoms with Crippen LogP contribution >= 0.6 is 31.9 Å². The molecule has 10 nitrogen and oxygen atoms in total. The quantitative estimate of drug-likeness (QED) is 0.147. The molecule has 4 aromatic rings. The fraction of sp³-hybridized carbons (Fsp3) is 0.440. The molecule has 0 aliphatic heterocycles. The lowest BCUT2D eigenvalue weighted by molar-refractivity contribution is -0.138. The summed E-state index contributed by atoms with van der Waals surface area (Å²) in [7, 11) is 0. The summed E-state index contributed by atoms with van der Waals surface area (Å²) in [5, 5.41) is 0. The lowest BCUT2D eigenvalue weighted by Crippen LogP contribution is -2.44. The van der Waals surface area contributed by atoms with E-state index < -0.39 is 70.3 Å². The van der Waals surface area contributed by atoms with Crippen LogP contribution in [0.4, 0.5) is 56.9 Å². The molecule has 372 valence electrons. The van der Waals surface area contributed by atoms with Crippen molar-refractivity contribution < 1.29 is 64.5 Å². The van der Waals surface area contributed by atoms with Gasteiger partial charge in [0.1, 0.15) is 22.4 Å². The van der Waals surface area contributed by atoms with Gasteiger partial charge in [-0.15, -0.1) is 0 Å². The van der Waals surface area contributed by atoms with Crippen molar-refractivity contribution in [3.05, 3.63) is 103 Å². The molecule has 0 saturated heterocycles. The average molecular weight is 1090 g/mol. The van der Waals surface area contributed by atoms with E-state index in [0.717, 1.165) is 21.9 Å². The maximum absolute atomic E-state index is 13.9. The van der Waals surface area contributed by atoms with Crippen LogP contribution in [0.2, 0.25) is 0 Å². The minimum atomic E-state index is -4.59. The minimum absolute atomic E-state index is 0.0123. The molecule has 68 heavy (non-hydrogen) atoms. The number of nitrogens with zero attached hydrogens (tertiary/aromatic N) is 2. The molecule has 0 radical (unpaired) electrons. The van der Waals surface area contributed by atoms with Gasteiger partial charge in [0.15, 0.2) is 0 Å². The van der Waals surface area contributed by atoms with E-state index >= 15 is 0 Å². The summed E-state index contributed by atoms with van der Waals surface area (Å²) in [5.74, 6) is 0. The smallest absolute Gasteiger partial charge is 0.424 e. The molecular weight excluding hydrogens is 1030 g/mol. The fourth-order valence-corrected chi connectivity index (χ4v) is 7.13. The van der Waals surface area contributed by atoms with Crippen molar-refractivity contribution in [2.45, 2.75) is 146 Å². The first kappa shape index (κ1) is 57.2. The normalized spacial score (nSPS) is 12.4. The minimum Gasteiger partial charge on any atom is -0.443 e. The molecule has 0 aromatic heterocycles. The van der Waals surface area contributed by atoms with Crippen molar-refractivity contribution >= 4 is 67.6 Å². The van der Waals surface area contributed by atoms with Gasteiger partial charge in [-0.25, -0.2) is 19.2 Å². The zero-order valence-corrected chi connectivity index (χ0v) is 44.1. The highest BCUT2D eigenvalue weighted by atomic mass is 79.9. The molecule has 0 aliphatic rings. The van der Waals surface area contributed by atoms with Crippen molar-refractivity contribution in [2.24, 2.45) is 0 Å². The third-order valence-electron chi connectivity index (χ3n) is 8.97. The number of benzene rings is 4. The number of ether oxygens (including phenoxy) is 4. The molecule has 0 spiro atoms. The van der Waals surface area contributed by atoms with Crippen LogP contribution < -0.4 is 9.80 Å². The highest BCUT2D eigenvalue weighted by Crippen LogP contribution is 2.44. The maximum atomic E-state index is 13.9. The third-order valence-corrected chi connectivity index (χ3v) is 10.5. The second-order valence-corrected chi connectivity index (χ2v) is 21.6. The van der Waals surface area contributed by atoms with E-state index in [9.17, 15) is 45.5 Å². The second-order valence-electron chi connectivity index (χ2n) is 19.9. The number of alkyl halides is 6. The fourth-order valence-electron chi connectivity index (χ4n) is 6.27. The highest BCUT2D eigenvalue weighted by Gasteiger charge is 2.38. The zero-order valence-electron chi connectivity index (χ0n) is 41.0. The molecule has 0 atom stereocenters. The molecule has 0 unspecified atom stereocenters. The van der Waals surface area contributed by atoms with Crippen LogP contribution in [0.5, 0.6) is 0 Å². The first-order valence-corrected chi connectivity index (χ1v) is 22.7. The first-order chi connectivity index (χ1) is 30.6. The Bertz CT molecular complexity index is 2490. The number of amides is 4. The molecule has 0 aliphatic carbocycles. The van der Waals surface area contributed by atoms with Gasteiger partial charge >= 0.3 is 36.7 Å². The average Bonchev–Trinajstić information content (AvgIpc) is 3.11. The molecule has 0 saturated carbocycles. The maximum Gasteiger partial charge on any atom is 0.424 e. The summed E-state index contributed by atoms with van der Waals surface area (Å²) in [5.41, 5.74) is -2.56. The Morgan fingerprint density at radius 3 is 1.22 bits per heavy atom. The summed E-state index contributed by atoms with van der Waals surface area (Å²) >= 11 is 6.64. The highest BCUT2D eigenvalue weighted by molar-refractivity contribution is 9.11. The Hall–Kier alpha value is -5.10. The van der Waals surface area contributed by atoms with E-state index in [1.807, 2.05) is 0 Å². The summed E-state index contributed by atoms with van der Waals surface area (Å²) in [6.07, 6.45) is -13.0. The van der Waals surface area contributed by atoms with Crippen LogP contribution in [-0.2, 0) is 31.3 Å². The van der Waals surface area contributed by atoms with Crippen molar-refractivity contribution in [2.75, 3.05) is 9.80 Å². The van der Waals surface area contributed by atoms with Crippen LogP contribution in [0.3, 0.4) is 0 Å². The van der Waals surface area contributed by atoms with Crippen molar-refractivity contribution in [3.63, 3.8) is 0 Å². The third kappa shape index (κ3) is 16.0. The number of rotatable bonds is 4. The standard InChI is InChI=1S/C25H28Br2F3NO4.C25H30F3NO4/c1-13-10-20(31(21(32)34-23(3,4)5)22(33)35-24(6,7)8)19(27)11-15(13)16-12-18(26)14(2)9-17(16)25(28,29)30;1-15-9-11-19(20(13-15)25(26,27)28)18-12-10-17(14-16(18)2)29(21(30)32-23(3,4)5)22(31)33-24(6,7)8/h9-12H,1-8H3;9-14H,1-8H3. The molecule has 4 amide bonds. The SMILES string of the molecule is Cc1cc(C(F)(F)F)c(-c2cc(Br)c(N(C(=O)OC(C)(C)C)C(=O)OC(C)(C)C)cc2C)cc1Br.Cc1ccc(-c2ccc(N(C(=O)OC(C)(C)C)C(=O)OC(C)(C)C)cc2C)c(C(F)(F)F)c1. The molecule has 0 heterocycles. The number of carbonyl (C=O) groups excluding carboxylic acids is 4. The van der Waals surface area contributed by atoms with Crippen LogP contribution in [0, 0.1) is 27.7 Å². The number of aryl methyl sites for hydroxylation is 4. The summed E-state index contributed by atoms with van der Waals surface area (Å²) in [6, 6.07) is 13.8. The largest absolute Gasteiger partial charge is 0.443 e. The van der Waals surface area contributed by atoms with Crippen molar-refractivity contribution in [3.8, 4) is 22.3 Å². The number of carbonyl (C=O) groups is 4. The molecule has 18 heteroatoms. The van der Waals surface area contributed by atoms with Gasteiger partial charge in [0.05, 0.1) is 22.5 Å². The number of anilines is 2. The van der Waals surface area contributed by atoms with Gasteiger partial charge in [-0.05, 0) is 208 Å². The van der Waals surface area contributed by atoms with Crippen LogP contribution in [-0.4, -0.2) is 46.8 Å². The number of imide groups is 2. The van der Waals surface area contributed by atoms with Crippen LogP contribution in [0.25, 0.3) is 22.3 Å².